The van der Waals surface area contributed by atoms with Gasteiger partial charge in [-0.25, -0.2) is 0 Å². The Kier molecular flexibility index (Phi) is 5.23. The van der Waals surface area contributed by atoms with E-state index in [1.54, 1.807) is 4.90 Å². The summed E-state index contributed by atoms with van der Waals surface area (Å²) in [5.74, 6) is 1.44. The second kappa shape index (κ2) is 6.94. The normalized spacial score (nSPS) is 18.3. The fraction of sp³-hybridized carbons (Fsp3) is 0.588. The third-order valence-electron chi connectivity index (χ3n) is 4.13. The summed E-state index contributed by atoms with van der Waals surface area (Å²) in [5.41, 5.74) is 2.26. The van der Waals surface area contributed by atoms with E-state index in [-0.39, 0.29) is 25.0 Å². The van der Waals surface area contributed by atoms with Gasteiger partial charge >= 0.3 is 0 Å². The summed E-state index contributed by atoms with van der Waals surface area (Å²) in [6.45, 7) is 7.85. The van der Waals surface area contributed by atoms with E-state index in [9.17, 15) is 4.79 Å². The SMILES string of the molecule is Cc1ccc(C(C)C)cc1OCC(=O)N1CCC(CO)C1. The number of carbonyl (C=O) groups excluding carboxylic acids is 1. The van der Waals surface area contributed by atoms with Gasteiger partial charge in [-0.2, -0.15) is 0 Å². The summed E-state index contributed by atoms with van der Waals surface area (Å²) >= 11 is 0. The van der Waals surface area contributed by atoms with Crippen molar-refractivity contribution in [3.8, 4) is 5.75 Å². The lowest BCUT2D eigenvalue weighted by Crippen LogP contribution is -2.33. The van der Waals surface area contributed by atoms with E-state index in [1.165, 1.54) is 5.56 Å². The van der Waals surface area contributed by atoms with Gasteiger partial charge in [0.05, 0.1) is 0 Å². The van der Waals surface area contributed by atoms with Crippen molar-refractivity contribution < 1.29 is 14.6 Å². The molecule has 1 aliphatic rings. The average Bonchev–Trinajstić information content (AvgIpc) is 2.94. The standard InChI is InChI=1S/C17H25NO3/c1-12(2)15-5-4-13(3)16(8-15)21-11-17(20)18-7-6-14(9-18)10-19/h4-5,8,12,14,19H,6-7,9-11H2,1-3H3. The molecule has 4 heteroatoms. The van der Waals surface area contributed by atoms with Crippen molar-refractivity contribution >= 4 is 5.91 Å². The molecular formula is C17H25NO3. The predicted octanol–water partition coefficient (Wildman–Crippen LogP) is 2.34. The number of aryl methyl sites for hydroxylation is 1. The maximum absolute atomic E-state index is 12.1. The molecule has 1 amide bonds. The van der Waals surface area contributed by atoms with Crippen LogP contribution in [0.1, 0.15) is 37.3 Å². The Morgan fingerprint density at radius 2 is 2.24 bits per heavy atom. The summed E-state index contributed by atoms with van der Waals surface area (Å²) in [5, 5.41) is 9.12. The van der Waals surface area contributed by atoms with Gasteiger partial charge in [0, 0.05) is 25.6 Å². The van der Waals surface area contributed by atoms with Crippen LogP contribution in [-0.4, -0.2) is 42.2 Å². The molecule has 0 bridgehead atoms. The summed E-state index contributed by atoms with van der Waals surface area (Å²) < 4.78 is 5.72. The fourth-order valence-electron chi connectivity index (χ4n) is 2.57. The first-order valence-corrected chi connectivity index (χ1v) is 7.63. The van der Waals surface area contributed by atoms with Gasteiger partial charge in [-0.15, -0.1) is 0 Å². The van der Waals surface area contributed by atoms with Crippen LogP contribution in [0.2, 0.25) is 0 Å². The van der Waals surface area contributed by atoms with Crippen molar-refractivity contribution in [2.45, 2.75) is 33.1 Å². The van der Waals surface area contributed by atoms with Gasteiger partial charge in [0.25, 0.3) is 5.91 Å². The highest BCUT2D eigenvalue weighted by Crippen LogP contribution is 2.24. The molecule has 1 atom stereocenters. The quantitative estimate of drug-likeness (QED) is 0.906. The summed E-state index contributed by atoms with van der Waals surface area (Å²) in [4.78, 5) is 13.9. The van der Waals surface area contributed by atoms with Gasteiger partial charge in [-0.05, 0) is 36.5 Å². The first-order valence-electron chi connectivity index (χ1n) is 7.63. The Bertz CT molecular complexity index is 499. The van der Waals surface area contributed by atoms with Gasteiger partial charge in [0.2, 0.25) is 0 Å². The molecule has 0 aromatic heterocycles. The molecule has 1 aliphatic heterocycles. The monoisotopic (exact) mass is 291 g/mol. The number of hydrogen-bond acceptors (Lipinski definition) is 3. The molecule has 116 valence electrons. The van der Waals surface area contributed by atoms with Crippen LogP contribution in [0.4, 0.5) is 0 Å². The molecule has 0 radical (unpaired) electrons. The topological polar surface area (TPSA) is 49.8 Å². The minimum atomic E-state index is 0.000278. The lowest BCUT2D eigenvalue weighted by Gasteiger charge is -2.18. The Morgan fingerprint density at radius 1 is 1.48 bits per heavy atom. The first-order chi connectivity index (χ1) is 10.0. The molecule has 1 aromatic carbocycles. The Morgan fingerprint density at radius 3 is 2.86 bits per heavy atom. The number of carbonyl (C=O) groups is 1. The van der Waals surface area contributed by atoms with Crippen molar-refractivity contribution in [1.82, 2.24) is 4.90 Å². The minimum Gasteiger partial charge on any atom is -0.483 e. The van der Waals surface area contributed by atoms with Crippen LogP contribution < -0.4 is 4.74 Å². The molecule has 1 fully saturated rings. The first kappa shape index (κ1) is 15.8. The van der Waals surface area contributed by atoms with E-state index in [1.807, 2.05) is 19.1 Å². The lowest BCUT2D eigenvalue weighted by molar-refractivity contribution is -0.132. The molecule has 1 N–H and O–H groups in total. The number of amides is 1. The number of aliphatic hydroxyl groups is 1. The second-order valence-corrected chi connectivity index (χ2v) is 6.15. The van der Waals surface area contributed by atoms with E-state index in [0.717, 1.165) is 24.3 Å². The lowest BCUT2D eigenvalue weighted by atomic mass is 10.0. The van der Waals surface area contributed by atoms with Crippen LogP contribution in [0.5, 0.6) is 5.75 Å². The zero-order valence-electron chi connectivity index (χ0n) is 13.1. The third-order valence-corrected chi connectivity index (χ3v) is 4.13. The molecule has 21 heavy (non-hydrogen) atoms. The highest BCUT2D eigenvalue weighted by atomic mass is 16.5. The minimum absolute atomic E-state index is 0.000278. The molecule has 2 rings (SSSR count). The zero-order valence-corrected chi connectivity index (χ0v) is 13.1. The van der Waals surface area contributed by atoms with Gasteiger partial charge < -0.3 is 14.7 Å². The third kappa shape index (κ3) is 3.97. The molecule has 1 unspecified atom stereocenters. The molecule has 1 aromatic rings. The molecule has 0 spiro atoms. The second-order valence-electron chi connectivity index (χ2n) is 6.15. The number of likely N-dealkylation sites (tertiary alicyclic amines) is 1. The number of rotatable bonds is 5. The van der Waals surface area contributed by atoms with Crippen LogP contribution in [0.25, 0.3) is 0 Å². The van der Waals surface area contributed by atoms with Crippen molar-refractivity contribution in [1.29, 1.82) is 0 Å². The van der Waals surface area contributed by atoms with Crippen LogP contribution in [0.3, 0.4) is 0 Å². The van der Waals surface area contributed by atoms with Crippen molar-refractivity contribution in [2.75, 3.05) is 26.3 Å². The fourth-order valence-corrected chi connectivity index (χ4v) is 2.57. The highest BCUT2D eigenvalue weighted by molar-refractivity contribution is 5.78. The smallest absolute Gasteiger partial charge is 0.260 e. The molecular weight excluding hydrogens is 266 g/mol. The Balaban J connectivity index is 1.93. The molecule has 0 saturated carbocycles. The van der Waals surface area contributed by atoms with Crippen LogP contribution in [0, 0.1) is 12.8 Å². The summed E-state index contributed by atoms with van der Waals surface area (Å²) in [6, 6.07) is 6.15. The van der Waals surface area contributed by atoms with Crippen molar-refractivity contribution in [2.24, 2.45) is 5.92 Å². The molecule has 0 aliphatic carbocycles. The maximum Gasteiger partial charge on any atom is 0.260 e. The Labute approximate surface area is 126 Å². The van der Waals surface area contributed by atoms with Gasteiger partial charge in [-0.1, -0.05) is 26.0 Å². The number of ether oxygens (including phenoxy) is 1. The number of hydrogen-bond donors (Lipinski definition) is 1. The van der Waals surface area contributed by atoms with E-state index in [2.05, 4.69) is 19.9 Å². The van der Waals surface area contributed by atoms with Crippen LogP contribution in [-0.2, 0) is 4.79 Å². The van der Waals surface area contributed by atoms with E-state index < -0.39 is 0 Å². The van der Waals surface area contributed by atoms with Gasteiger partial charge in [0.1, 0.15) is 5.75 Å². The van der Waals surface area contributed by atoms with E-state index in [0.29, 0.717) is 12.5 Å². The van der Waals surface area contributed by atoms with Crippen molar-refractivity contribution in [3.05, 3.63) is 29.3 Å². The number of nitrogens with zero attached hydrogens (tertiary/aromatic N) is 1. The number of aliphatic hydroxyl groups excluding tert-OH is 1. The van der Waals surface area contributed by atoms with Gasteiger partial charge in [-0.3, -0.25) is 4.79 Å². The average molecular weight is 291 g/mol. The maximum atomic E-state index is 12.1. The van der Waals surface area contributed by atoms with Crippen molar-refractivity contribution in [3.63, 3.8) is 0 Å². The summed E-state index contributed by atoms with van der Waals surface area (Å²) in [6.07, 6.45) is 0.879. The van der Waals surface area contributed by atoms with Crippen LogP contribution >= 0.6 is 0 Å². The largest absolute Gasteiger partial charge is 0.483 e. The number of benzene rings is 1. The molecule has 4 nitrogen and oxygen atoms in total. The molecule has 1 saturated heterocycles. The summed E-state index contributed by atoms with van der Waals surface area (Å²) in [7, 11) is 0. The highest BCUT2D eigenvalue weighted by Gasteiger charge is 2.25. The predicted molar refractivity (Wildman–Crippen MR) is 82.5 cm³/mol. The molecule has 1 heterocycles. The van der Waals surface area contributed by atoms with Crippen LogP contribution in [0.15, 0.2) is 18.2 Å². The van der Waals surface area contributed by atoms with Gasteiger partial charge in [0.15, 0.2) is 6.61 Å². The Hall–Kier alpha value is -1.55. The zero-order chi connectivity index (χ0) is 15.4. The van der Waals surface area contributed by atoms with E-state index in [4.69, 9.17) is 9.84 Å². The van der Waals surface area contributed by atoms with E-state index >= 15 is 0 Å².